The van der Waals surface area contributed by atoms with Crippen molar-refractivity contribution in [1.82, 2.24) is 4.90 Å². The molecule has 1 heterocycles. The summed E-state index contributed by atoms with van der Waals surface area (Å²) in [5.74, 6) is -0.0661. The fraction of sp³-hybridized carbons (Fsp3) is 0.909. The minimum atomic E-state index is -0.822. The quantitative estimate of drug-likeness (QED) is 0.744. The van der Waals surface area contributed by atoms with E-state index in [0.717, 1.165) is 0 Å². The zero-order chi connectivity index (χ0) is 12.3. The van der Waals surface area contributed by atoms with Crippen LogP contribution in [-0.4, -0.2) is 60.5 Å². The van der Waals surface area contributed by atoms with Crippen LogP contribution in [0.25, 0.3) is 0 Å². The van der Waals surface area contributed by atoms with E-state index in [4.69, 9.17) is 14.6 Å². The number of aliphatic hydroxyl groups is 1. The monoisotopic (exact) mass is 231 g/mol. The van der Waals surface area contributed by atoms with Gasteiger partial charge in [-0.25, -0.2) is 0 Å². The number of carbonyl (C=O) groups is 1. The summed E-state index contributed by atoms with van der Waals surface area (Å²) >= 11 is 0. The van der Waals surface area contributed by atoms with Crippen LogP contribution in [0.4, 0.5) is 0 Å². The van der Waals surface area contributed by atoms with Gasteiger partial charge in [0.2, 0.25) is 0 Å². The SMILES string of the molecule is COC(C)(C)C(=O)N1CC(C)OC(CO)C1. The van der Waals surface area contributed by atoms with E-state index in [1.54, 1.807) is 18.7 Å². The minimum absolute atomic E-state index is 0.0532. The maximum Gasteiger partial charge on any atom is 0.254 e. The van der Waals surface area contributed by atoms with Crippen LogP contribution in [0.2, 0.25) is 0 Å². The number of amides is 1. The number of hydrogen-bond donors (Lipinski definition) is 1. The van der Waals surface area contributed by atoms with Crippen LogP contribution in [-0.2, 0) is 14.3 Å². The second-order valence-electron chi connectivity index (χ2n) is 4.68. The summed E-state index contributed by atoms with van der Waals surface area (Å²) in [5.41, 5.74) is -0.822. The molecular formula is C11H21NO4. The molecule has 1 amide bonds. The third kappa shape index (κ3) is 2.93. The number of aliphatic hydroxyl groups excluding tert-OH is 1. The molecule has 1 aliphatic heterocycles. The third-order valence-corrected chi connectivity index (χ3v) is 2.84. The lowest BCUT2D eigenvalue weighted by Gasteiger charge is -2.39. The minimum Gasteiger partial charge on any atom is -0.394 e. The Morgan fingerprint density at radius 2 is 2.19 bits per heavy atom. The lowest BCUT2D eigenvalue weighted by Crippen LogP contribution is -2.55. The fourth-order valence-electron chi connectivity index (χ4n) is 1.78. The van der Waals surface area contributed by atoms with Crippen molar-refractivity contribution in [1.29, 1.82) is 0 Å². The number of carbonyl (C=O) groups excluding carboxylic acids is 1. The second kappa shape index (κ2) is 5.12. The van der Waals surface area contributed by atoms with E-state index < -0.39 is 5.60 Å². The number of ether oxygens (including phenoxy) is 2. The average Bonchev–Trinajstić information content (AvgIpc) is 2.27. The number of rotatable bonds is 3. The molecule has 0 spiro atoms. The largest absolute Gasteiger partial charge is 0.394 e. The highest BCUT2D eigenvalue weighted by Crippen LogP contribution is 2.17. The van der Waals surface area contributed by atoms with Gasteiger partial charge in [-0.05, 0) is 20.8 Å². The summed E-state index contributed by atoms with van der Waals surface area (Å²) in [7, 11) is 1.52. The van der Waals surface area contributed by atoms with E-state index >= 15 is 0 Å². The van der Waals surface area contributed by atoms with E-state index in [2.05, 4.69) is 0 Å². The summed E-state index contributed by atoms with van der Waals surface area (Å²) in [6.07, 6.45) is -0.345. The highest BCUT2D eigenvalue weighted by Gasteiger charge is 2.36. The van der Waals surface area contributed by atoms with Crippen LogP contribution in [0, 0.1) is 0 Å². The van der Waals surface area contributed by atoms with Crippen molar-refractivity contribution in [3.63, 3.8) is 0 Å². The zero-order valence-electron chi connectivity index (χ0n) is 10.4. The van der Waals surface area contributed by atoms with Crippen LogP contribution < -0.4 is 0 Å². The van der Waals surface area contributed by atoms with Crippen LogP contribution in [0.15, 0.2) is 0 Å². The van der Waals surface area contributed by atoms with Gasteiger partial charge >= 0.3 is 0 Å². The molecule has 1 aliphatic rings. The van der Waals surface area contributed by atoms with Crippen molar-refractivity contribution >= 4 is 5.91 Å². The average molecular weight is 231 g/mol. The highest BCUT2D eigenvalue weighted by atomic mass is 16.5. The van der Waals surface area contributed by atoms with Gasteiger partial charge in [-0.2, -0.15) is 0 Å². The molecule has 16 heavy (non-hydrogen) atoms. The first-order valence-corrected chi connectivity index (χ1v) is 5.51. The zero-order valence-corrected chi connectivity index (χ0v) is 10.4. The Hall–Kier alpha value is -0.650. The van der Waals surface area contributed by atoms with Crippen molar-refractivity contribution in [2.45, 2.75) is 38.6 Å². The molecule has 1 fully saturated rings. The third-order valence-electron chi connectivity index (χ3n) is 2.84. The Balaban J connectivity index is 2.69. The van der Waals surface area contributed by atoms with Crippen LogP contribution in [0.5, 0.6) is 0 Å². The van der Waals surface area contributed by atoms with Crippen molar-refractivity contribution < 1.29 is 19.4 Å². The topological polar surface area (TPSA) is 59.0 Å². The summed E-state index contributed by atoms with van der Waals surface area (Å²) < 4.78 is 10.6. The summed E-state index contributed by atoms with van der Waals surface area (Å²) in [6.45, 7) is 6.27. The summed E-state index contributed by atoms with van der Waals surface area (Å²) in [4.78, 5) is 13.8. The number of morpholine rings is 1. The molecule has 0 bridgehead atoms. The maximum atomic E-state index is 12.1. The Bertz CT molecular complexity index is 254. The highest BCUT2D eigenvalue weighted by molar-refractivity contribution is 5.84. The number of hydrogen-bond acceptors (Lipinski definition) is 4. The van der Waals surface area contributed by atoms with Crippen molar-refractivity contribution in [3.8, 4) is 0 Å². The maximum absolute atomic E-state index is 12.1. The molecule has 94 valence electrons. The molecule has 0 aliphatic carbocycles. The van der Waals surface area contributed by atoms with Gasteiger partial charge in [0.15, 0.2) is 0 Å². The van der Waals surface area contributed by atoms with E-state index in [9.17, 15) is 4.79 Å². The Labute approximate surface area is 96.3 Å². The molecule has 5 heteroatoms. The fourth-order valence-corrected chi connectivity index (χ4v) is 1.78. The molecule has 1 saturated heterocycles. The van der Waals surface area contributed by atoms with E-state index in [0.29, 0.717) is 13.1 Å². The van der Waals surface area contributed by atoms with Gasteiger partial charge in [-0.15, -0.1) is 0 Å². The predicted molar refractivity (Wildman–Crippen MR) is 59.1 cm³/mol. The molecule has 1 rings (SSSR count). The predicted octanol–water partition coefficient (Wildman–Crippen LogP) is 0.0196. The van der Waals surface area contributed by atoms with E-state index in [-0.39, 0.29) is 24.7 Å². The lowest BCUT2D eigenvalue weighted by molar-refractivity contribution is -0.164. The van der Waals surface area contributed by atoms with Crippen molar-refractivity contribution in [2.24, 2.45) is 0 Å². The Kier molecular flexibility index (Phi) is 4.29. The molecule has 0 aromatic heterocycles. The standard InChI is InChI=1S/C11H21NO4/c1-8-5-12(6-9(7-13)16-8)10(14)11(2,3)15-4/h8-9,13H,5-7H2,1-4H3. The second-order valence-corrected chi connectivity index (χ2v) is 4.68. The Morgan fingerprint density at radius 3 is 2.69 bits per heavy atom. The van der Waals surface area contributed by atoms with Gasteiger partial charge < -0.3 is 19.5 Å². The van der Waals surface area contributed by atoms with Gasteiger partial charge in [0.05, 0.1) is 18.8 Å². The van der Waals surface area contributed by atoms with Gasteiger partial charge in [0.25, 0.3) is 5.91 Å². The van der Waals surface area contributed by atoms with Crippen molar-refractivity contribution in [2.75, 3.05) is 26.8 Å². The van der Waals surface area contributed by atoms with Gasteiger partial charge in [0, 0.05) is 20.2 Å². The normalized spacial score (nSPS) is 26.9. The van der Waals surface area contributed by atoms with Crippen molar-refractivity contribution in [3.05, 3.63) is 0 Å². The first kappa shape index (κ1) is 13.4. The molecule has 2 unspecified atom stereocenters. The van der Waals surface area contributed by atoms with Crippen LogP contribution in [0.1, 0.15) is 20.8 Å². The number of methoxy groups -OCH3 is 1. The molecule has 0 aromatic rings. The molecular weight excluding hydrogens is 210 g/mol. The molecule has 5 nitrogen and oxygen atoms in total. The molecule has 0 aromatic carbocycles. The summed E-state index contributed by atoms with van der Waals surface area (Å²) in [6, 6.07) is 0. The molecule has 0 radical (unpaired) electrons. The Morgan fingerprint density at radius 1 is 1.56 bits per heavy atom. The van der Waals surface area contributed by atoms with Gasteiger partial charge in [-0.3, -0.25) is 4.79 Å². The van der Waals surface area contributed by atoms with E-state index in [1.807, 2.05) is 6.92 Å². The molecule has 2 atom stereocenters. The van der Waals surface area contributed by atoms with E-state index in [1.165, 1.54) is 7.11 Å². The lowest BCUT2D eigenvalue weighted by atomic mass is 10.1. The number of nitrogens with zero attached hydrogens (tertiary/aromatic N) is 1. The molecule has 0 saturated carbocycles. The van der Waals surface area contributed by atoms with Gasteiger partial charge in [0.1, 0.15) is 5.60 Å². The smallest absolute Gasteiger partial charge is 0.254 e. The first-order valence-electron chi connectivity index (χ1n) is 5.51. The molecule has 1 N–H and O–H groups in total. The van der Waals surface area contributed by atoms with Crippen LogP contribution >= 0.6 is 0 Å². The van der Waals surface area contributed by atoms with Crippen LogP contribution in [0.3, 0.4) is 0 Å². The van der Waals surface area contributed by atoms with Gasteiger partial charge in [-0.1, -0.05) is 0 Å². The summed E-state index contributed by atoms with van der Waals surface area (Å²) in [5, 5.41) is 9.07. The first-order chi connectivity index (χ1) is 7.40.